The smallest absolute Gasteiger partial charge is 0.256 e. The van der Waals surface area contributed by atoms with Crippen LogP contribution in [0.15, 0.2) is 237 Å². The highest BCUT2D eigenvalue weighted by atomic mass is 16.5. The predicted octanol–water partition coefficient (Wildman–Crippen LogP) is 16.4. The van der Waals surface area contributed by atoms with Gasteiger partial charge in [0, 0.05) is 56.6 Å². The van der Waals surface area contributed by atoms with Crippen LogP contribution in [0.4, 0.5) is 51.2 Å². The van der Waals surface area contributed by atoms with E-state index in [4.69, 9.17) is 4.74 Å². The van der Waals surface area contributed by atoms with Gasteiger partial charge in [-0.15, -0.1) is 0 Å². The summed E-state index contributed by atoms with van der Waals surface area (Å²) in [5.41, 5.74) is 30.3. The number of benzene rings is 11. The van der Waals surface area contributed by atoms with Crippen molar-refractivity contribution in [3.63, 3.8) is 0 Å². The standard InChI is InChI=1S/C77H63B2N3O/c1-75(2,3)51-39-48(40-52(45-51)76(4,5)6)49-41-69-74-71(44-49)83-70-38-23-21-36-61(70)79(74)63-46-62-65(47-66(63)82(69)55-29-16-11-17-30-55)81(54-27-14-10-15-28-54)68-43-50(56-32-24-33-58-57-31-18-19-34-59(57)77(7,8)72(56)58)42-67-73(68)78(62)60-35-20-22-37-64(60)80(67)53-25-12-9-13-26-53/h9-47H,1-8H3. The van der Waals surface area contributed by atoms with Gasteiger partial charge in [-0.25, -0.2) is 0 Å². The zero-order valence-electron chi connectivity index (χ0n) is 48.4. The van der Waals surface area contributed by atoms with Gasteiger partial charge in [0.25, 0.3) is 13.4 Å². The SMILES string of the molecule is CC(C)(C)c1cc(-c2cc3c4c(c2)N(c2ccccc2)c2cc5c(cc2B4c2ccccc2O3)B2c3ccccc3N(c3ccccc3)c3cc(-c4cccc6c4C(C)(C)c4ccccc4-6)cc(c32)N5c2ccccc2)cc(C(C)(C)C)c1. The molecule has 5 aliphatic rings. The van der Waals surface area contributed by atoms with E-state index in [0.717, 1.165) is 45.5 Å². The van der Waals surface area contributed by atoms with Crippen LogP contribution in [0.3, 0.4) is 0 Å². The third-order valence-electron chi connectivity index (χ3n) is 18.7. The summed E-state index contributed by atoms with van der Waals surface area (Å²) in [6, 6.07) is 89.4. The van der Waals surface area contributed by atoms with Crippen molar-refractivity contribution in [1.29, 1.82) is 0 Å². The molecular formula is C77H63B2N3O. The van der Waals surface area contributed by atoms with Crippen LogP contribution in [0.1, 0.15) is 77.6 Å². The van der Waals surface area contributed by atoms with Gasteiger partial charge in [0.15, 0.2) is 0 Å². The van der Waals surface area contributed by atoms with Gasteiger partial charge in [-0.3, -0.25) is 0 Å². The minimum absolute atomic E-state index is 0.0554. The summed E-state index contributed by atoms with van der Waals surface area (Å²) < 4.78 is 7.25. The van der Waals surface area contributed by atoms with Crippen LogP contribution in [0.25, 0.3) is 33.4 Å². The van der Waals surface area contributed by atoms with Crippen molar-refractivity contribution < 1.29 is 4.74 Å². The third kappa shape index (κ3) is 7.41. The van der Waals surface area contributed by atoms with Gasteiger partial charge in [0.05, 0.1) is 0 Å². The lowest BCUT2D eigenvalue weighted by molar-refractivity contribution is 0.487. The normalized spacial score (nSPS) is 14.6. The number of hydrogen-bond donors (Lipinski definition) is 0. The zero-order valence-corrected chi connectivity index (χ0v) is 48.4. The Morgan fingerprint density at radius 3 is 1.42 bits per heavy atom. The van der Waals surface area contributed by atoms with Gasteiger partial charge in [0.1, 0.15) is 11.5 Å². The Hall–Kier alpha value is -9.25. The predicted molar refractivity (Wildman–Crippen MR) is 352 cm³/mol. The summed E-state index contributed by atoms with van der Waals surface area (Å²) in [4.78, 5) is 7.68. The van der Waals surface area contributed by atoms with Gasteiger partial charge in [0.2, 0.25) is 0 Å². The Labute approximate surface area is 489 Å². The third-order valence-corrected chi connectivity index (χ3v) is 18.7. The Balaban J connectivity index is 1.01. The molecule has 0 fully saturated rings. The molecule has 4 aliphatic heterocycles. The number of nitrogens with zero attached hydrogens (tertiary/aromatic N) is 3. The highest BCUT2D eigenvalue weighted by molar-refractivity contribution is 7.02. The largest absolute Gasteiger partial charge is 0.458 e. The van der Waals surface area contributed by atoms with Crippen LogP contribution in [-0.2, 0) is 16.2 Å². The van der Waals surface area contributed by atoms with E-state index in [1.807, 2.05) is 0 Å². The average Bonchev–Trinajstić information content (AvgIpc) is 1.85. The molecule has 0 atom stereocenters. The molecule has 398 valence electrons. The summed E-state index contributed by atoms with van der Waals surface area (Å²) in [5.74, 6) is 1.80. The zero-order chi connectivity index (χ0) is 56.3. The summed E-state index contributed by atoms with van der Waals surface area (Å²) in [5, 5.41) is 0. The van der Waals surface area contributed by atoms with Crippen LogP contribution in [-0.4, -0.2) is 13.4 Å². The molecule has 11 aromatic rings. The number of fused-ring (bicyclic) bond motifs is 11. The minimum atomic E-state index is -0.224. The number of rotatable bonds is 5. The molecular weight excluding hydrogens is 1000 g/mol. The minimum Gasteiger partial charge on any atom is -0.458 e. The fraction of sp³-hybridized carbons (Fsp3) is 0.143. The van der Waals surface area contributed by atoms with E-state index < -0.39 is 0 Å². The van der Waals surface area contributed by atoms with Gasteiger partial charge in [-0.2, -0.15) is 0 Å². The summed E-state index contributed by atoms with van der Waals surface area (Å²) in [6.07, 6.45) is 0. The Morgan fingerprint density at radius 2 is 0.807 bits per heavy atom. The first-order valence-electron chi connectivity index (χ1n) is 29.6. The van der Waals surface area contributed by atoms with E-state index in [1.165, 1.54) is 106 Å². The average molecular weight is 1070 g/mol. The van der Waals surface area contributed by atoms with Gasteiger partial charge in [-0.1, -0.05) is 213 Å². The van der Waals surface area contributed by atoms with Crippen molar-refractivity contribution in [2.45, 2.75) is 71.6 Å². The first-order valence-corrected chi connectivity index (χ1v) is 29.6. The van der Waals surface area contributed by atoms with Crippen molar-refractivity contribution in [2.24, 2.45) is 0 Å². The van der Waals surface area contributed by atoms with E-state index >= 15 is 0 Å². The Kier molecular flexibility index (Phi) is 10.7. The van der Waals surface area contributed by atoms with Crippen LogP contribution in [0.2, 0.25) is 0 Å². The van der Waals surface area contributed by atoms with E-state index in [2.05, 4.69) is 307 Å². The van der Waals surface area contributed by atoms with Crippen molar-refractivity contribution in [3.05, 3.63) is 259 Å². The van der Waals surface area contributed by atoms with E-state index in [0.29, 0.717) is 0 Å². The molecule has 16 rings (SSSR count). The molecule has 83 heavy (non-hydrogen) atoms. The fourth-order valence-electron chi connectivity index (χ4n) is 14.8. The topological polar surface area (TPSA) is 19.0 Å². The highest BCUT2D eigenvalue weighted by Gasteiger charge is 2.48. The van der Waals surface area contributed by atoms with Gasteiger partial charge < -0.3 is 19.4 Å². The lowest BCUT2D eigenvalue weighted by atomic mass is 9.30. The number of hydrogen-bond acceptors (Lipinski definition) is 4. The second-order valence-corrected chi connectivity index (χ2v) is 26.1. The molecule has 0 saturated carbocycles. The molecule has 11 aromatic carbocycles. The molecule has 6 heteroatoms. The van der Waals surface area contributed by atoms with Crippen molar-refractivity contribution in [3.8, 4) is 44.9 Å². The molecule has 1 aliphatic carbocycles. The lowest BCUT2D eigenvalue weighted by Crippen LogP contribution is -2.64. The van der Waals surface area contributed by atoms with Crippen LogP contribution in [0.5, 0.6) is 11.5 Å². The number of para-hydroxylation sites is 5. The number of anilines is 9. The van der Waals surface area contributed by atoms with Crippen LogP contribution < -0.4 is 52.2 Å². The summed E-state index contributed by atoms with van der Waals surface area (Å²) in [6.45, 7) is 18.5. The van der Waals surface area contributed by atoms with Crippen LogP contribution >= 0.6 is 0 Å². The summed E-state index contributed by atoms with van der Waals surface area (Å²) in [7, 11) is 0. The molecule has 0 aromatic heterocycles. The number of ether oxygens (including phenoxy) is 1. The lowest BCUT2D eigenvalue weighted by Gasteiger charge is -2.46. The molecule has 4 nitrogen and oxygen atoms in total. The van der Waals surface area contributed by atoms with Gasteiger partial charge >= 0.3 is 0 Å². The maximum Gasteiger partial charge on any atom is 0.256 e. The maximum atomic E-state index is 7.25. The van der Waals surface area contributed by atoms with Crippen molar-refractivity contribution in [1.82, 2.24) is 0 Å². The maximum absolute atomic E-state index is 7.25. The molecule has 0 radical (unpaired) electrons. The molecule has 0 spiro atoms. The second-order valence-electron chi connectivity index (χ2n) is 26.1. The van der Waals surface area contributed by atoms with Gasteiger partial charge in [-0.05, 0) is 178 Å². The van der Waals surface area contributed by atoms with E-state index in [-0.39, 0.29) is 29.7 Å². The fourth-order valence-corrected chi connectivity index (χ4v) is 14.8. The summed E-state index contributed by atoms with van der Waals surface area (Å²) >= 11 is 0. The molecule has 0 N–H and O–H groups in total. The van der Waals surface area contributed by atoms with E-state index in [9.17, 15) is 0 Å². The van der Waals surface area contributed by atoms with Crippen molar-refractivity contribution in [2.75, 3.05) is 14.7 Å². The first kappa shape index (κ1) is 49.6. The van der Waals surface area contributed by atoms with Crippen molar-refractivity contribution >= 4 is 97.4 Å². The Bertz CT molecular complexity index is 4470. The first-order chi connectivity index (χ1) is 40.2. The highest BCUT2D eigenvalue weighted by Crippen LogP contribution is 2.55. The molecule has 0 bridgehead atoms. The van der Waals surface area contributed by atoms with Crippen LogP contribution in [0, 0.1) is 0 Å². The molecule has 0 saturated heterocycles. The quantitative estimate of drug-likeness (QED) is 0.160. The Morgan fingerprint density at radius 1 is 0.337 bits per heavy atom. The molecule has 0 amide bonds. The van der Waals surface area contributed by atoms with E-state index in [1.54, 1.807) is 0 Å². The molecule has 4 heterocycles. The molecule has 0 unspecified atom stereocenters. The second kappa shape index (κ2) is 17.9. The monoisotopic (exact) mass is 1070 g/mol.